The summed E-state index contributed by atoms with van der Waals surface area (Å²) in [4.78, 5) is 6.83. The van der Waals surface area contributed by atoms with E-state index in [1.54, 1.807) is 14.2 Å². The van der Waals surface area contributed by atoms with Gasteiger partial charge in [-0.2, -0.15) is 0 Å². The number of hydrogen-bond donors (Lipinski definition) is 2. The van der Waals surface area contributed by atoms with E-state index >= 15 is 0 Å². The molecule has 0 aliphatic carbocycles. The summed E-state index contributed by atoms with van der Waals surface area (Å²) in [6, 6.07) is 6.10. The number of aliphatic imine (C=N–C) groups is 1. The molecule has 1 saturated heterocycles. The molecule has 1 fully saturated rings. The summed E-state index contributed by atoms with van der Waals surface area (Å²) < 4.78 is 10.9. The Morgan fingerprint density at radius 1 is 1.31 bits per heavy atom. The molecule has 1 unspecified atom stereocenters. The van der Waals surface area contributed by atoms with Crippen LogP contribution in [0.2, 0.25) is 5.02 Å². The minimum absolute atomic E-state index is 0.447. The van der Waals surface area contributed by atoms with Gasteiger partial charge in [-0.15, -0.1) is 0 Å². The quantitative estimate of drug-likeness (QED) is 0.560. The average Bonchev–Trinajstić information content (AvgIpc) is 2.65. The number of nitrogens with zero attached hydrogens (tertiary/aromatic N) is 2. The van der Waals surface area contributed by atoms with Crippen molar-refractivity contribution in [2.45, 2.75) is 26.4 Å². The zero-order chi connectivity index (χ0) is 18.9. The van der Waals surface area contributed by atoms with Crippen molar-refractivity contribution in [3.63, 3.8) is 0 Å². The van der Waals surface area contributed by atoms with Gasteiger partial charge in [0.25, 0.3) is 0 Å². The summed E-state index contributed by atoms with van der Waals surface area (Å²) in [6.45, 7) is 9.57. The molecule has 0 amide bonds. The maximum Gasteiger partial charge on any atom is 0.191 e. The Hall–Kier alpha value is -1.50. The molecule has 1 aliphatic rings. The predicted octanol–water partition coefficient (Wildman–Crippen LogP) is 2.37. The van der Waals surface area contributed by atoms with E-state index < -0.39 is 0 Å². The Bertz CT molecular complexity index is 589. The number of hydrogen-bond acceptors (Lipinski definition) is 4. The highest BCUT2D eigenvalue weighted by Crippen LogP contribution is 2.22. The number of ether oxygens (including phenoxy) is 2. The van der Waals surface area contributed by atoms with Crippen molar-refractivity contribution in [3.8, 4) is 5.75 Å². The van der Waals surface area contributed by atoms with Crippen LogP contribution >= 0.6 is 11.6 Å². The first-order chi connectivity index (χ1) is 12.5. The molecular formula is C19H31ClN4O2. The number of morpholine rings is 1. The molecular weight excluding hydrogens is 352 g/mol. The normalized spacial score (nSPS) is 17.2. The van der Waals surface area contributed by atoms with Gasteiger partial charge < -0.3 is 20.1 Å². The summed E-state index contributed by atoms with van der Waals surface area (Å²) in [5.41, 5.74) is 1.04. The van der Waals surface area contributed by atoms with Crippen LogP contribution in [0.4, 0.5) is 0 Å². The van der Waals surface area contributed by atoms with Crippen LogP contribution in [0.5, 0.6) is 5.75 Å². The van der Waals surface area contributed by atoms with Crippen LogP contribution < -0.4 is 15.4 Å². The van der Waals surface area contributed by atoms with Crippen LogP contribution in [0.15, 0.2) is 23.2 Å². The minimum atomic E-state index is 0.447. The number of guanidine groups is 1. The highest BCUT2D eigenvalue weighted by Gasteiger charge is 2.23. The van der Waals surface area contributed by atoms with Crippen LogP contribution in [0, 0.1) is 5.92 Å². The molecule has 1 aliphatic heterocycles. The number of halogens is 1. The Morgan fingerprint density at radius 2 is 2.04 bits per heavy atom. The molecule has 1 atom stereocenters. The Balaban J connectivity index is 1.90. The summed E-state index contributed by atoms with van der Waals surface area (Å²) >= 11 is 6.02. The van der Waals surface area contributed by atoms with Crippen molar-refractivity contribution in [1.82, 2.24) is 15.5 Å². The van der Waals surface area contributed by atoms with E-state index in [-0.39, 0.29) is 0 Å². The molecule has 1 aromatic rings. The molecule has 146 valence electrons. The zero-order valence-corrected chi connectivity index (χ0v) is 17.0. The molecule has 0 saturated carbocycles. The molecule has 0 radical (unpaired) electrons. The van der Waals surface area contributed by atoms with Crippen molar-refractivity contribution < 1.29 is 9.47 Å². The monoisotopic (exact) mass is 382 g/mol. The number of benzene rings is 1. The Morgan fingerprint density at radius 3 is 2.65 bits per heavy atom. The first-order valence-corrected chi connectivity index (χ1v) is 9.51. The molecule has 26 heavy (non-hydrogen) atoms. The van der Waals surface area contributed by atoms with Gasteiger partial charge >= 0.3 is 0 Å². The fourth-order valence-electron chi connectivity index (χ4n) is 3.16. The fourth-order valence-corrected chi connectivity index (χ4v) is 3.32. The van der Waals surface area contributed by atoms with Gasteiger partial charge in [-0.05, 0) is 18.1 Å². The second-order valence-corrected chi connectivity index (χ2v) is 7.16. The van der Waals surface area contributed by atoms with E-state index in [4.69, 9.17) is 21.1 Å². The maximum absolute atomic E-state index is 6.02. The summed E-state index contributed by atoms with van der Waals surface area (Å²) in [7, 11) is 3.44. The smallest absolute Gasteiger partial charge is 0.191 e. The van der Waals surface area contributed by atoms with Crippen LogP contribution in [0.3, 0.4) is 0 Å². The first-order valence-electron chi connectivity index (χ1n) is 9.14. The van der Waals surface area contributed by atoms with Gasteiger partial charge in [0.2, 0.25) is 0 Å². The van der Waals surface area contributed by atoms with E-state index in [1.165, 1.54) is 0 Å². The van der Waals surface area contributed by atoms with Crippen LogP contribution in [-0.2, 0) is 11.3 Å². The third-order valence-corrected chi connectivity index (χ3v) is 4.92. The van der Waals surface area contributed by atoms with E-state index in [0.29, 0.717) is 23.5 Å². The third kappa shape index (κ3) is 6.04. The van der Waals surface area contributed by atoms with Gasteiger partial charge in [-0.1, -0.05) is 31.5 Å². The molecule has 1 heterocycles. The Labute approximate surface area is 161 Å². The average molecular weight is 383 g/mol. The van der Waals surface area contributed by atoms with Gasteiger partial charge in [0, 0.05) is 49.9 Å². The van der Waals surface area contributed by atoms with Crippen LogP contribution in [0.1, 0.15) is 19.4 Å². The second kappa shape index (κ2) is 10.6. The lowest BCUT2D eigenvalue weighted by Crippen LogP contribution is -2.52. The SMILES string of the molecule is CN=C(NCc1ccc(Cl)cc1OC)NCC(C(C)C)N1CCOCC1. The Kier molecular flexibility index (Phi) is 8.48. The predicted molar refractivity (Wildman–Crippen MR) is 107 cm³/mol. The molecule has 0 bridgehead atoms. The van der Waals surface area contributed by atoms with Gasteiger partial charge in [0.05, 0.1) is 20.3 Å². The topological polar surface area (TPSA) is 58.1 Å². The lowest BCUT2D eigenvalue weighted by molar-refractivity contribution is 0.00752. The zero-order valence-electron chi connectivity index (χ0n) is 16.2. The van der Waals surface area contributed by atoms with Crippen molar-refractivity contribution in [3.05, 3.63) is 28.8 Å². The molecule has 7 heteroatoms. The van der Waals surface area contributed by atoms with Crippen molar-refractivity contribution >= 4 is 17.6 Å². The van der Waals surface area contributed by atoms with Gasteiger partial charge in [0.1, 0.15) is 5.75 Å². The van der Waals surface area contributed by atoms with Gasteiger partial charge in [0.15, 0.2) is 5.96 Å². The van der Waals surface area contributed by atoms with Crippen LogP contribution in [0.25, 0.3) is 0 Å². The van der Waals surface area contributed by atoms with E-state index in [0.717, 1.165) is 50.1 Å². The van der Waals surface area contributed by atoms with Gasteiger partial charge in [-0.3, -0.25) is 9.89 Å². The fraction of sp³-hybridized carbons (Fsp3) is 0.632. The maximum atomic E-state index is 6.02. The lowest BCUT2D eigenvalue weighted by Gasteiger charge is -2.37. The molecule has 0 aromatic heterocycles. The summed E-state index contributed by atoms with van der Waals surface area (Å²) in [5.74, 6) is 2.10. The van der Waals surface area contributed by atoms with E-state index in [9.17, 15) is 0 Å². The highest BCUT2D eigenvalue weighted by molar-refractivity contribution is 6.30. The summed E-state index contributed by atoms with van der Waals surface area (Å²) in [5, 5.41) is 7.47. The molecule has 1 aromatic carbocycles. The summed E-state index contributed by atoms with van der Waals surface area (Å²) in [6.07, 6.45) is 0. The van der Waals surface area contributed by atoms with Crippen molar-refractivity contribution in [1.29, 1.82) is 0 Å². The number of nitrogens with one attached hydrogen (secondary N) is 2. The molecule has 6 nitrogen and oxygen atoms in total. The third-order valence-electron chi connectivity index (χ3n) is 4.68. The minimum Gasteiger partial charge on any atom is -0.496 e. The molecule has 2 N–H and O–H groups in total. The molecule has 0 spiro atoms. The standard InChI is InChI=1S/C19H31ClN4O2/c1-14(2)17(24-7-9-26-10-8-24)13-23-19(21-3)22-12-15-5-6-16(20)11-18(15)25-4/h5-6,11,14,17H,7-10,12-13H2,1-4H3,(H2,21,22,23). The molecule has 2 rings (SSSR count). The number of methoxy groups -OCH3 is 1. The second-order valence-electron chi connectivity index (χ2n) is 6.72. The van der Waals surface area contributed by atoms with E-state index in [1.807, 2.05) is 18.2 Å². The van der Waals surface area contributed by atoms with E-state index in [2.05, 4.69) is 34.4 Å². The highest BCUT2D eigenvalue weighted by atomic mass is 35.5. The van der Waals surface area contributed by atoms with Crippen LogP contribution in [-0.4, -0.2) is 63.9 Å². The van der Waals surface area contributed by atoms with Gasteiger partial charge in [-0.25, -0.2) is 0 Å². The van der Waals surface area contributed by atoms with Crippen molar-refractivity contribution in [2.24, 2.45) is 10.9 Å². The van der Waals surface area contributed by atoms with Crippen molar-refractivity contribution in [2.75, 3.05) is 47.0 Å². The first kappa shape index (κ1) is 20.8. The largest absolute Gasteiger partial charge is 0.496 e. The lowest BCUT2D eigenvalue weighted by atomic mass is 10.0. The number of rotatable bonds is 7.